The summed E-state index contributed by atoms with van der Waals surface area (Å²) in [6.45, 7) is 5.98. The minimum absolute atomic E-state index is 0.239. The van der Waals surface area contributed by atoms with E-state index < -0.39 is 0 Å². The molecule has 0 spiro atoms. The summed E-state index contributed by atoms with van der Waals surface area (Å²) >= 11 is 0. The highest BCUT2D eigenvalue weighted by Gasteiger charge is 2.15. The Balaban J connectivity index is 2.33. The van der Waals surface area contributed by atoms with Gasteiger partial charge in [0.25, 0.3) is 0 Å². The molecule has 2 heteroatoms. The third-order valence-electron chi connectivity index (χ3n) is 3.61. The molecule has 0 aliphatic heterocycles. The molecule has 3 N–H and O–H groups in total. The quantitative estimate of drug-likeness (QED) is 0.789. The van der Waals surface area contributed by atoms with Crippen LogP contribution in [0.5, 0.6) is 0 Å². The summed E-state index contributed by atoms with van der Waals surface area (Å²) < 4.78 is 0. The van der Waals surface area contributed by atoms with Gasteiger partial charge in [-0.25, -0.2) is 0 Å². The Morgan fingerprint density at radius 3 is 2.50 bits per heavy atom. The number of rotatable bonds is 6. The van der Waals surface area contributed by atoms with Gasteiger partial charge in [-0.05, 0) is 50.0 Å². The van der Waals surface area contributed by atoms with E-state index in [-0.39, 0.29) is 6.04 Å². The van der Waals surface area contributed by atoms with E-state index in [2.05, 4.69) is 67.7 Å². The lowest BCUT2D eigenvalue weighted by molar-refractivity contribution is 0.585. The zero-order chi connectivity index (χ0) is 14.4. The van der Waals surface area contributed by atoms with Crippen LogP contribution >= 0.6 is 0 Å². The molecule has 0 saturated carbocycles. The Morgan fingerprint density at radius 2 is 1.80 bits per heavy atom. The van der Waals surface area contributed by atoms with Gasteiger partial charge in [-0.1, -0.05) is 54.1 Å². The fourth-order valence-corrected chi connectivity index (χ4v) is 2.47. The van der Waals surface area contributed by atoms with E-state index in [1.165, 1.54) is 22.3 Å². The number of nitrogens with two attached hydrogens (primary N) is 1. The number of aryl methyl sites for hydroxylation is 2. The van der Waals surface area contributed by atoms with Crippen LogP contribution in [-0.2, 0) is 0 Å². The summed E-state index contributed by atoms with van der Waals surface area (Å²) in [5, 5.41) is 3.64. The van der Waals surface area contributed by atoms with Crippen LogP contribution in [0.25, 0.3) is 0 Å². The Bertz CT molecular complexity index is 534. The molecule has 0 aromatic heterocycles. The first-order valence-corrected chi connectivity index (χ1v) is 7.28. The average Bonchev–Trinajstić information content (AvgIpc) is 2.48. The molecule has 0 fully saturated rings. The van der Waals surface area contributed by atoms with Crippen molar-refractivity contribution in [3.8, 4) is 0 Å². The largest absolute Gasteiger partial charge is 0.330 e. The number of hydrogen-bond donors (Lipinski definition) is 2. The van der Waals surface area contributed by atoms with Crippen molar-refractivity contribution < 1.29 is 0 Å². The maximum Gasteiger partial charge on any atom is 0.0579 e. The first-order valence-electron chi connectivity index (χ1n) is 7.28. The van der Waals surface area contributed by atoms with Gasteiger partial charge in [0.05, 0.1) is 6.04 Å². The lowest BCUT2D eigenvalue weighted by atomic mass is 9.93. The number of hydrogen-bond acceptors (Lipinski definition) is 2. The summed E-state index contributed by atoms with van der Waals surface area (Å²) in [7, 11) is 0. The molecule has 2 aromatic carbocycles. The van der Waals surface area contributed by atoms with Crippen LogP contribution in [-0.4, -0.2) is 13.1 Å². The molecule has 2 aromatic rings. The maximum absolute atomic E-state index is 5.61. The van der Waals surface area contributed by atoms with E-state index in [0.717, 1.165) is 19.5 Å². The van der Waals surface area contributed by atoms with E-state index in [1.54, 1.807) is 0 Å². The van der Waals surface area contributed by atoms with Crippen molar-refractivity contribution in [1.29, 1.82) is 0 Å². The zero-order valence-corrected chi connectivity index (χ0v) is 12.4. The van der Waals surface area contributed by atoms with Gasteiger partial charge in [0, 0.05) is 0 Å². The predicted octanol–water partition coefficient (Wildman–Crippen LogP) is 3.33. The summed E-state index contributed by atoms with van der Waals surface area (Å²) in [4.78, 5) is 0. The van der Waals surface area contributed by atoms with Crippen molar-refractivity contribution in [1.82, 2.24) is 5.32 Å². The summed E-state index contributed by atoms with van der Waals surface area (Å²) in [5.74, 6) is 0. The van der Waals surface area contributed by atoms with Crippen LogP contribution in [0.1, 0.15) is 34.7 Å². The highest BCUT2D eigenvalue weighted by molar-refractivity contribution is 5.39. The summed E-state index contributed by atoms with van der Waals surface area (Å²) in [6, 6.07) is 17.5. The van der Waals surface area contributed by atoms with Gasteiger partial charge < -0.3 is 11.1 Å². The molecule has 0 heterocycles. The van der Waals surface area contributed by atoms with Gasteiger partial charge in [0.2, 0.25) is 0 Å². The Labute approximate surface area is 122 Å². The molecule has 0 radical (unpaired) electrons. The van der Waals surface area contributed by atoms with Crippen LogP contribution in [0.4, 0.5) is 0 Å². The molecule has 0 aliphatic carbocycles. The highest BCUT2D eigenvalue weighted by atomic mass is 14.9. The van der Waals surface area contributed by atoms with Crippen LogP contribution in [0.3, 0.4) is 0 Å². The minimum atomic E-state index is 0.239. The van der Waals surface area contributed by atoms with Crippen molar-refractivity contribution in [2.24, 2.45) is 5.73 Å². The first kappa shape index (κ1) is 14.8. The SMILES string of the molecule is Cc1ccc(C)c(C(NCCCN)c2ccccc2)c1. The third-order valence-corrected chi connectivity index (χ3v) is 3.61. The van der Waals surface area contributed by atoms with Crippen LogP contribution < -0.4 is 11.1 Å². The third kappa shape index (κ3) is 3.69. The molecule has 2 nitrogen and oxygen atoms in total. The van der Waals surface area contributed by atoms with Gasteiger partial charge in [0.15, 0.2) is 0 Å². The topological polar surface area (TPSA) is 38.0 Å². The molecule has 0 amide bonds. The standard InChI is InChI=1S/C18H24N2/c1-14-9-10-15(2)17(13-14)18(20-12-6-11-19)16-7-4-3-5-8-16/h3-5,7-10,13,18,20H,6,11-12,19H2,1-2H3. The molecule has 1 unspecified atom stereocenters. The molecule has 20 heavy (non-hydrogen) atoms. The summed E-state index contributed by atoms with van der Waals surface area (Å²) in [6.07, 6.45) is 0.994. The average molecular weight is 268 g/mol. The number of nitrogens with one attached hydrogen (secondary N) is 1. The van der Waals surface area contributed by atoms with Crippen molar-refractivity contribution in [2.75, 3.05) is 13.1 Å². The van der Waals surface area contributed by atoms with E-state index in [4.69, 9.17) is 5.73 Å². The maximum atomic E-state index is 5.61. The second-order valence-electron chi connectivity index (χ2n) is 5.30. The molecule has 0 bridgehead atoms. The van der Waals surface area contributed by atoms with Gasteiger partial charge in [-0.2, -0.15) is 0 Å². The normalized spacial score (nSPS) is 12.3. The molecule has 106 valence electrons. The van der Waals surface area contributed by atoms with E-state index >= 15 is 0 Å². The Morgan fingerprint density at radius 1 is 1.05 bits per heavy atom. The van der Waals surface area contributed by atoms with Crippen LogP contribution in [0, 0.1) is 13.8 Å². The fourth-order valence-electron chi connectivity index (χ4n) is 2.47. The molecular formula is C18H24N2. The summed E-state index contributed by atoms with van der Waals surface area (Å²) in [5.41, 5.74) is 10.9. The van der Waals surface area contributed by atoms with Gasteiger partial charge >= 0.3 is 0 Å². The monoisotopic (exact) mass is 268 g/mol. The fraction of sp³-hybridized carbons (Fsp3) is 0.333. The van der Waals surface area contributed by atoms with Gasteiger partial charge in [-0.3, -0.25) is 0 Å². The molecule has 0 aliphatic rings. The lowest BCUT2D eigenvalue weighted by Gasteiger charge is -2.22. The predicted molar refractivity (Wildman–Crippen MR) is 85.9 cm³/mol. The lowest BCUT2D eigenvalue weighted by Crippen LogP contribution is -2.25. The van der Waals surface area contributed by atoms with E-state index in [0.29, 0.717) is 0 Å². The molecule has 1 atom stereocenters. The van der Waals surface area contributed by atoms with Gasteiger partial charge in [-0.15, -0.1) is 0 Å². The Hall–Kier alpha value is -1.64. The van der Waals surface area contributed by atoms with Crippen molar-refractivity contribution >= 4 is 0 Å². The molecule has 2 rings (SSSR count). The second-order valence-corrected chi connectivity index (χ2v) is 5.30. The van der Waals surface area contributed by atoms with Crippen LogP contribution in [0.15, 0.2) is 48.5 Å². The first-order chi connectivity index (χ1) is 9.72. The molecule has 0 saturated heterocycles. The van der Waals surface area contributed by atoms with Crippen molar-refractivity contribution in [3.05, 3.63) is 70.8 Å². The van der Waals surface area contributed by atoms with E-state index in [1.807, 2.05) is 0 Å². The zero-order valence-electron chi connectivity index (χ0n) is 12.4. The van der Waals surface area contributed by atoms with E-state index in [9.17, 15) is 0 Å². The molecular weight excluding hydrogens is 244 g/mol. The van der Waals surface area contributed by atoms with Crippen molar-refractivity contribution in [2.45, 2.75) is 26.3 Å². The van der Waals surface area contributed by atoms with Gasteiger partial charge in [0.1, 0.15) is 0 Å². The smallest absolute Gasteiger partial charge is 0.0579 e. The highest BCUT2D eigenvalue weighted by Crippen LogP contribution is 2.25. The minimum Gasteiger partial charge on any atom is -0.330 e. The Kier molecular flexibility index (Phi) is 5.33. The van der Waals surface area contributed by atoms with Crippen LogP contribution in [0.2, 0.25) is 0 Å². The second kappa shape index (κ2) is 7.22. The number of benzene rings is 2. The van der Waals surface area contributed by atoms with Crippen molar-refractivity contribution in [3.63, 3.8) is 0 Å².